The number of nitrogens with zero attached hydrogens (tertiary/aromatic N) is 1. The predicted octanol–water partition coefficient (Wildman–Crippen LogP) is 9.53. The molecule has 40 heavy (non-hydrogen) atoms. The first-order valence-corrected chi connectivity index (χ1v) is 13.2. The molecular weight excluding hydrogens is 486 g/mol. The number of hydrogen-bond donors (Lipinski definition) is 2. The molecule has 0 saturated heterocycles. The van der Waals surface area contributed by atoms with Crippen molar-refractivity contribution in [2.45, 2.75) is 0 Å². The van der Waals surface area contributed by atoms with Crippen LogP contribution in [0.5, 0.6) is 0 Å². The SMILES string of the molecule is N#Cc1c2ccc(/C=C\c3ccc(Nc4ccccc4)cc3)cc2cc2ccc(/C=C\c3ccc(N)cc3)cc12. The average molecular weight is 514 g/mol. The van der Waals surface area contributed by atoms with E-state index in [9.17, 15) is 5.26 Å². The fraction of sp³-hybridized carbons (Fsp3) is 0. The third kappa shape index (κ3) is 5.48. The van der Waals surface area contributed by atoms with Gasteiger partial charge in [-0.1, -0.05) is 91.0 Å². The number of rotatable bonds is 6. The highest BCUT2D eigenvalue weighted by molar-refractivity contribution is 6.05. The molecule has 6 aromatic carbocycles. The van der Waals surface area contributed by atoms with E-state index < -0.39 is 0 Å². The number of nitrogens with one attached hydrogen (secondary N) is 1. The Hall–Kier alpha value is -5.59. The van der Waals surface area contributed by atoms with Gasteiger partial charge >= 0.3 is 0 Å². The topological polar surface area (TPSA) is 61.8 Å². The Morgan fingerprint density at radius 2 is 1.10 bits per heavy atom. The molecule has 0 aliphatic heterocycles. The van der Waals surface area contributed by atoms with Crippen LogP contribution in [0.3, 0.4) is 0 Å². The van der Waals surface area contributed by atoms with Crippen LogP contribution in [0.15, 0.2) is 121 Å². The van der Waals surface area contributed by atoms with Gasteiger partial charge in [0.1, 0.15) is 6.07 Å². The fourth-order valence-electron chi connectivity index (χ4n) is 4.84. The van der Waals surface area contributed by atoms with E-state index in [0.29, 0.717) is 5.56 Å². The monoisotopic (exact) mass is 513 g/mol. The molecule has 0 heterocycles. The van der Waals surface area contributed by atoms with Gasteiger partial charge in [0, 0.05) is 27.8 Å². The van der Waals surface area contributed by atoms with E-state index in [-0.39, 0.29) is 0 Å². The largest absolute Gasteiger partial charge is 0.399 e. The number of anilines is 3. The van der Waals surface area contributed by atoms with Crippen molar-refractivity contribution in [2.24, 2.45) is 0 Å². The van der Waals surface area contributed by atoms with Crippen LogP contribution in [0.2, 0.25) is 0 Å². The zero-order valence-corrected chi connectivity index (χ0v) is 21.9. The van der Waals surface area contributed by atoms with Crippen molar-refractivity contribution in [3.63, 3.8) is 0 Å². The quantitative estimate of drug-likeness (QED) is 0.132. The number of para-hydroxylation sites is 1. The van der Waals surface area contributed by atoms with Gasteiger partial charge in [-0.2, -0.15) is 5.26 Å². The summed E-state index contributed by atoms with van der Waals surface area (Å²) < 4.78 is 0. The molecule has 0 spiro atoms. The summed E-state index contributed by atoms with van der Waals surface area (Å²) >= 11 is 0. The van der Waals surface area contributed by atoms with Gasteiger partial charge in [-0.25, -0.2) is 0 Å². The van der Waals surface area contributed by atoms with E-state index in [2.05, 4.69) is 102 Å². The summed E-state index contributed by atoms with van der Waals surface area (Å²) in [5.41, 5.74) is 13.7. The first-order valence-electron chi connectivity index (χ1n) is 13.2. The second-order valence-electron chi connectivity index (χ2n) is 9.77. The molecule has 0 aromatic heterocycles. The summed E-state index contributed by atoms with van der Waals surface area (Å²) in [6, 6.07) is 43.4. The molecule has 0 radical (unpaired) electrons. The minimum absolute atomic E-state index is 0.701. The molecule has 190 valence electrons. The van der Waals surface area contributed by atoms with Crippen molar-refractivity contribution in [1.82, 2.24) is 0 Å². The van der Waals surface area contributed by atoms with Gasteiger partial charge in [0.15, 0.2) is 0 Å². The molecule has 0 bridgehead atoms. The molecule has 3 nitrogen and oxygen atoms in total. The summed E-state index contributed by atoms with van der Waals surface area (Å²) in [6.07, 6.45) is 8.34. The third-order valence-electron chi connectivity index (χ3n) is 6.96. The van der Waals surface area contributed by atoms with Crippen LogP contribution in [-0.4, -0.2) is 0 Å². The van der Waals surface area contributed by atoms with Crippen LogP contribution in [0.4, 0.5) is 17.1 Å². The lowest BCUT2D eigenvalue weighted by atomic mass is 9.94. The minimum Gasteiger partial charge on any atom is -0.399 e. The lowest BCUT2D eigenvalue weighted by molar-refractivity contribution is 1.51. The summed E-state index contributed by atoms with van der Waals surface area (Å²) in [6.45, 7) is 0. The van der Waals surface area contributed by atoms with Gasteiger partial charge in [0.25, 0.3) is 0 Å². The standard InChI is InChI=1S/C37H27N3/c38-25-37-35-21-15-28(8-6-27-13-19-34(20-14-27)40-33-4-2-1-3-5-33)22-31(35)24-30-16-10-29(23-36(30)37)9-7-26-11-17-32(39)18-12-26/h1-24,40H,39H2/b8-6-,9-7-. The van der Waals surface area contributed by atoms with E-state index in [1.807, 2.05) is 54.6 Å². The number of hydrogen-bond acceptors (Lipinski definition) is 3. The van der Waals surface area contributed by atoms with Crippen molar-refractivity contribution >= 4 is 62.9 Å². The molecule has 0 saturated carbocycles. The molecule has 3 N–H and O–H groups in total. The Morgan fingerprint density at radius 3 is 1.80 bits per heavy atom. The van der Waals surface area contributed by atoms with Crippen LogP contribution < -0.4 is 11.1 Å². The average Bonchev–Trinajstić information content (AvgIpc) is 2.99. The van der Waals surface area contributed by atoms with E-state index in [1.54, 1.807) is 0 Å². The molecule has 0 fully saturated rings. The molecule has 6 aromatic rings. The molecule has 0 amide bonds. The Kier molecular flexibility index (Phi) is 6.82. The molecule has 0 unspecified atom stereocenters. The lowest BCUT2D eigenvalue weighted by Crippen LogP contribution is -1.89. The summed E-state index contributed by atoms with van der Waals surface area (Å²) in [5.74, 6) is 0. The highest BCUT2D eigenvalue weighted by Crippen LogP contribution is 2.30. The number of benzene rings is 6. The molecular formula is C37H27N3. The van der Waals surface area contributed by atoms with Crippen LogP contribution in [0.25, 0.3) is 45.8 Å². The van der Waals surface area contributed by atoms with E-state index in [0.717, 1.165) is 60.9 Å². The molecule has 0 atom stereocenters. The van der Waals surface area contributed by atoms with E-state index in [4.69, 9.17) is 5.73 Å². The summed E-state index contributed by atoms with van der Waals surface area (Å²) in [5, 5.41) is 17.5. The zero-order chi connectivity index (χ0) is 27.3. The van der Waals surface area contributed by atoms with Crippen LogP contribution in [0.1, 0.15) is 27.8 Å². The fourth-order valence-corrected chi connectivity index (χ4v) is 4.84. The highest BCUT2D eigenvalue weighted by Gasteiger charge is 2.08. The van der Waals surface area contributed by atoms with Crippen molar-refractivity contribution in [2.75, 3.05) is 11.1 Å². The summed E-state index contributed by atoms with van der Waals surface area (Å²) in [7, 11) is 0. The Balaban J connectivity index is 1.25. The second kappa shape index (κ2) is 11.0. The smallest absolute Gasteiger partial charge is 0.100 e. The Labute approximate surface area is 234 Å². The first-order chi connectivity index (χ1) is 19.6. The number of nitrogen functional groups attached to an aromatic ring is 1. The maximum absolute atomic E-state index is 10.1. The van der Waals surface area contributed by atoms with Gasteiger partial charge in [0.2, 0.25) is 0 Å². The van der Waals surface area contributed by atoms with Gasteiger partial charge < -0.3 is 11.1 Å². The van der Waals surface area contributed by atoms with Crippen molar-refractivity contribution in [3.05, 3.63) is 149 Å². The highest BCUT2D eigenvalue weighted by atomic mass is 14.9. The molecule has 0 aliphatic rings. The first kappa shape index (κ1) is 24.7. The van der Waals surface area contributed by atoms with Crippen LogP contribution >= 0.6 is 0 Å². The van der Waals surface area contributed by atoms with E-state index >= 15 is 0 Å². The molecule has 6 rings (SSSR count). The third-order valence-corrected chi connectivity index (χ3v) is 6.96. The number of nitrogens with two attached hydrogens (primary N) is 1. The Morgan fingerprint density at radius 1 is 0.525 bits per heavy atom. The van der Waals surface area contributed by atoms with Crippen molar-refractivity contribution < 1.29 is 0 Å². The lowest BCUT2D eigenvalue weighted by Gasteiger charge is -2.08. The zero-order valence-electron chi connectivity index (χ0n) is 21.9. The molecule has 0 aliphatic carbocycles. The van der Waals surface area contributed by atoms with Crippen molar-refractivity contribution in [1.29, 1.82) is 5.26 Å². The molecule has 3 heteroatoms. The summed E-state index contributed by atoms with van der Waals surface area (Å²) in [4.78, 5) is 0. The minimum atomic E-state index is 0.701. The maximum atomic E-state index is 10.1. The van der Waals surface area contributed by atoms with E-state index in [1.165, 1.54) is 0 Å². The Bertz CT molecular complexity index is 1910. The maximum Gasteiger partial charge on any atom is 0.100 e. The van der Waals surface area contributed by atoms with Gasteiger partial charge in [-0.15, -0.1) is 0 Å². The second-order valence-corrected chi connectivity index (χ2v) is 9.77. The normalized spacial score (nSPS) is 11.4. The number of fused-ring (bicyclic) bond motifs is 2. The van der Waals surface area contributed by atoms with Crippen molar-refractivity contribution in [3.8, 4) is 6.07 Å². The predicted molar refractivity (Wildman–Crippen MR) is 171 cm³/mol. The van der Waals surface area contributed by atoms with Gasteiger partial charge in [-0.05, 0) is 87.6 Å². The van der Waals surface area contributed by atoms with Crippen LogP contribution in [-0.2, 0) is 0 Å². The van der Waals surface area contributed by atoms with Gasteiger partial charge in [-0.3, -0.25) is 0 Å². The number of nitriles is 1. The van der Waals surface area contributed by atoms with Crippen LogP contribution in [0, 0.1) is 11.3 Å². The van der Waals surface area contributed by atoms with Gasteiger partial charge in [0.05, 0.1) is 5.56 Å².